The maximum Gasteiger partial charge on any atom is 0.244 e. The van der Waals surface area contributed by atoms with E-state index in [0.717, 1.165) is 5.69 Å². The van der Waals surface area contributed by atoms with Crippen LogP contribution in [0, 0.1) is 6.92 Å². The molecule has 0 fully saturated rings. The molecule has 1 aromatic heterocycles. The zero-order valence-electron chi connectivity index (χ0n) is 11.2. The Morgan fingerprint density at radius 2 is 1.78 bits per heavy atom. The van der Waals surface area contributed by atoms with Crippen molar-refractivity contribution in [1.29, 1.82) is 0 Å². The molecule has 5 nitrogen and oxygen atoms in total. The van der Waals surface area contributed by atoms with Gasteiger partial charge in [0.05, 0.1) is 5.69 Å². The van der Waals surface area contributed by atoms with Crippen LogP contribution < -0.4 is 11.1 Å². The predicted molar refractivity (Wildman–Crippen MR) is 73.9 cm³/mol. The second kappa shape index (κ2) is 4.33. The molecular weight excluding hydrogens is 226 g/mol. The molecule has 0 aliphatic rings. The molecule has 0 unspecified atom stereocenters. The largest absolute Gasteiger partial charge is 0.368 e. The van der Waals surface area contributed by atoms with Crippen molar-refractivity contribution in [2.75, 3.05) is 11.1 Å². The van der Waals surface area contributed by atoms with Crippen LogP contribution in [0.3, 0.4) is 0 Å². The van der Waals surface area contributed by atoms with Crippen LogP contribution in [0.2, 0.25) is 0 Å². The van der Waals surface area contributed by atoms with Gasteiger partial charge >= 0.3 is 0 Å². The lowest BCUT2D eigenvalue weighted by atomic mass is 10.1. The van der Waals surface area contributed by atoms with Crippen LogP contribution in [0.4, 0.5) is 11.9 Å². The van der Waals surface area contributed by atoms with E-state index in [1.165, 1.54) is 5.56 Å². The lowest BCUT2D eigenvalue weighted by molar-refractivity contribution is 0.625. The van der Waals surface area contributed by atoms with Crippen LogP contribution in [0.5, 0.6) is 0 Å². The number of aromatic nitrogens is 3. The van der Waals surface area contributed by atoms with Gasteiger partial charge in [-0.3, -0.25) is 0 Å². The summed E-state index contributed by atoms with van der Waals surface area (Å²) in [5.41, 5.74) is 7.90. The van der Waals surface area contributed by atoms with Crippen molar-refractivity contribution in [3.8, 4) is 5.69 Å². The fraction of sp³-hybridized carbons (Fsp3) is 0.385. The molecule has 0 spiro atoms. The lowest BCUT2D eigenvalue weighted by Gasteiger charge is -2.18. The maximum absolute atomic E-state index is 5.88. The zero-order valence-corrected chi connectivity index (χ0v) is 11.2. The molecule has 1 aromatic carbocycles. The van der Waals surface area contributed by atoms with Crippen LogP contribution >= 0.6 is 0 Å². The van der Waals surface area contributed by atoms with E-state index in [9.17, 15) is 0 Å². The van der Waals surface area contributed by atoms with E-state index < -0.39 is 0 Å². The van der Waals surface area contributed by atoms with Gasteiger partial charge < -0.3 is 11.1 Å². The first kappa shape index (κ1) is 12.4. The minimum atomic E-state index is -0.0914. The summed E-state index contributed by atoms with van der Waals surface area (Å²) in [7, 11) is 0. The predicted octanol–water partition coefficient (Wildman–Crippen LogP) is 2.37. The van der Waals surface area contributed by atoms with Gasteiger partial charge in [0.1, 0.15) is 0 Å². The number of benzene rings is 1. The minimum absolute atomic E-state index is 0.0914. The third-order valence-electron chi connectivity index (χ3n) is 2.40. The van der Waals surface area contributed by atoms with Gasteiger partial charge in [0.15, 0.2) is 0 Å². The van der Waals surface area contributed by atoms with E-state index >= 15 is 0 Å². The molecule has 18 heavy (non-hydrogen) atoms. The lowest BCUT2D eigenvalue weighted by Crippen LogP contribution is -2.26. The molecule has 1 heterocycles. The summed E-state index contributed by atoms with van der Waals surface area (Å²) in [4.78, 5) is 4.21. The Kier molecular flexibility index (Phi) is 2.98. The number of nitrogens with two attached hydrogens (primary N) is 1. The van der Waals surface area contributed by atoms with E-state index in [2.05, 4.69) is 36.2 Å². The first-order valence-corrected chi connectivity index (χ1v) is 5.93. The number of anilines is 2. The van der Waals surface area contributed by atoms with Crippen LogP contribution in [0.15, 0.2) is 24.3 Å². The fourth-order valence-corrected chi connectivity index (χ4v) is 1.59. The molecule has 0 radical (unpaired) electrons. The van der Waals surface area contributed by atoms with E-state index in [1.807, 2.05) is 31.2 Å². The van der Waals surface area contributed by atoms with E-state index in [4.69, 9.17) is 5.73 Å². The third kappa shape index (κ3) is 2.80. The van der Waals surface area contributed by atoms with Crippen molar-refractivity contribution < 1.29 is 0 Å². The summed E-state index contributed by atoms with van der Waals surface area (Å²) in [6, 6.07) is 7.99. The Hall–Kier alpha value is -2.04. The number of hydrogen-bond donors (Lipinski definition) is 2. The first-order valence-electron chi connectivity index (χ1n) is 5.93. The van der Waals surface area contributed by atoms with E-state index in [-0.39, 0.29) is 5.54 Å². The van der Waals surface area contributed by atoms with Crippen molar-refractivity contribution in [3.05, 3.63) is 29.8 Å². The van der Waals surface area contributed by atoms with Crippen molar-refractivity contribution in [2.24, 2.45) is 0 Å². The first-order chi connectivity index (χ1) is 8.35. The summed E-state index contributed by atoms with van der Waals surface area (Å²) in [5, 5.41) is 7.56. The van der Waals surface area contributed by atoms with Gasteiger partial charge in [-0.25, -0.2) is 0 Å². The van der Waals surface area contributed by atoms with Crippen molar-refractivity contribution in [1.82, 2.24) is 14.8 Å². The van der Waals surface area contributed by atoms with Crippen molar-refractivity contribution in [2.45, 2.75) is 33.2 Å². The van der Waals surface area contributed by atoms with Gasteiger partial charge in [-0.2, -0.15) is 9.67 Å². The Balaban J connectivity index is 2.32. The fourth-order valence-electron chi connectivity index (χ4n) is 1.59. The second-order valence-electron chi connectivity index (χ2n) is 5.42. The minimum Gasteiger partial charge on any atom is -0.368 e. The van der Waals surface area contributed by atoms with Crippen LogP contribution in [0.1, 0.15) is 26.3 Å². The van der Waals surface area contributed by atoms with E-state index in [0.29, 0.717) is 11.9 Å². The van der Waals surface area contributed by atoms with E-state index in [1.54, 1.807) is 4.68 Å². The highest BCUT2D eigenvalue weighted by molar-refractivity contribution is 5.43. The van der Waals surface area contributed by atoms with Gasteiger partial charge in [0.2, 0.25) is 11.9 Å². The number of hydrogen-bond acceptors (Lipinski definition) is 4. The summed E-state index contributed by atoms with van der Waals surface area (Å²) < 4.78 is 1.63. The SMILES string of the molecule is Cc1ccc(-n2nc(NC(C)(C)C)nc2N)cc1. The van der Waals surface area contributed by atoms with Gasteiger partial charge in [-0.1, -0.05) is 17.7 Å². The molecule has 0 aliphatic carbocycles. The highest BCUT2D eigenvalue weighted by Gasteiger charge is 2.14. The smallest absolute Gasteiger partial charge is 0.244 e. The molecule has 0 atom stereocenters. The normalized spacial score (nSPS) is 11.6. The zero-order chi connectivity index (χ0) is 13.3. The molecule has 0 bridgehead atoms. The molecule has 5 heteroatoms. The molecule has 0 aliphatic heterocycles. The molecule has 2 rings (SSSR count). The monoisotopic (exact) mass is 245 g/mol. The van der Waals surface area contributed by atoms with Gasteiger partial charge in [0, 0.05) is 5.54 Å². The van der Waals surface area contributed by atoms with Crippen LogP contribution in [0.25, 0.3) is 5.69 Å². The molecule has 0 amide bonds. The quantitative estimate of drug-likeness (QED) is 0.852. The Bertz CT molecular complexity index is 533. The topological polar surface area (TPSA) is 68.8 Å². The highest BCUT2D eigenvalue weighted by atomic mass is 15.4. The Morgan fingerprint density at radius 1 is 1.17 bits per heavy atom. The Morgan fingerprint density at radius 3 is 2.33 bits per heavy atom. The molecule has 96 valence electrons. The van der Waals surface area contributed by atoms with Crippen LogP contribution in [-0.2, 0) is 0 Å². The average Bonchev–Trinajstić information content (AvgIpc) is 2.58. The summed E-state index contributed by atoms with van der Waals surface area (Å²) in [6.45, 7) is 8.20. The number of aryl methyl sites for hydroxylation is 1. The molecule has 0 saturated carbocycles. The number of rotatable bonds is 2. The van der Waals surface area contributed by atoms with Gasteiger partial charge in [0.25, 0.3) is 0 Å². The van der Waals surface area contributed by atoms with Crippen molar-refractivity contribution >= 4 is 11.9 Å². The van der Waals surface area contributed by atoms with Crippen molar-refractivity contribution in [3.63, 3.8) is 0 Å². The molecule has 0 saturated heterocycles. The summed E-state index contributed by atoms with van der Waals surface area (Å²) in [5.74, 6) is 0.922. The molecule has 3 N–H and O–H groups in total. The van der Waals surface area contributed by atoms with Gasteiger partial charge in [-0.05, 0) is 39.8 Å². The number of nitrogen functional groups attached to an aromatic ring is 1. The maximum atomic E-state index is 5.88. The molecule has 2 aromatic rings. The number of nitrogens with zero attached hydrogens (tertiary/aromatic N) is 3. The number of nitrogens with one attached hydrogen (secondary N) is 1. The molecular formula is C13H19N5. The van der Waals surface area contributed by atoms with Crippen LogP contribution in [-0.4, -0.2) is 20.3 Å². The standard InChI is InChI=1S/C13H19N5/c1-9-5-7-10(8-6-9)18-11(14)15-12(17-18)16-13(2,3)4/h5-8H,1-4H3,(H3,14,15,16,17). The highest BCUT2D eigenvalue weighted by Crippen LogP contribution is 2.16. The third-order valence-corrected chi connectivity index (χ3v) is 2.40. The average molecular weight is 245 g/mol. The summed E-state index contributed by atoms with van der Waals surface area (Å²) >= 11 is 0. The Labute approximate surface area is 107 Å². The second-order valence-corrected chi connectivity index (χ2v) is 5.42. The summed E-state index contributed by atoms with van der Waals surface area (Å²) in [6.07, 6.45) is 0. The van der Waals surface area contributed by atoms with Gasteiger partial charge in [-0.15, -0.1) is 5.10 Å².